The number of aromatic nitrogens is 5. The molecule has 1 saturated carbocycles. The van der Waals surface area contributed by atoms with E-state index in [1.807, 2.05) is 25.4 Å². The molecule has 8 heteroatoms. The SMILES string of the molecule is Cc1[nH]ncc1-c1nc(N2CCC3(CC2)CCN(C2CCC2O)C3)c2ccncc2n1. The van der Waals surface area contributed by atoms with Crippen molar-refractivity contribution in [3.63, 3.8) is 0 Å². The average Bonchev–Trinajstić information content (AvgIpc) is 3.39. The van der Waals surface area contributed by atoms with Crippen LogP contribution in [0.1, 0.15) is 37.8 Å². The Morgan fingerprint density at radius 1 is 1.10 bits per heavy atom. The highest BCUT2D eigenvalue weighted by molar-refractivity contribution is 5.90. The van der Waals surface area contributed by atoms with Crippen LogP contribution in [0.5, 0.6) is 0 Å². The Morgan fingerprint density at radius 2 is 1.94 bits per heavy atom. The zero-order valence-electron chi connectivity index (χ0n) is 18.0. The summed E-state index contributed by atoms with van der Waals surface area (Å²) < 4.78 is 0. The first-order valence-electron chi connectivity index (χ1n) is 11.4. The molecule has 2 saturated heterocycles. The number of fused-ring (bicyclic) bond motifs is 1. The lowest BCUT2D eigenvalue weighted by atomic mass is 9.77. The molecular formula is C23H29N7O. The van der Waals surface area contributed by atoms with E-state index in [-0.39, 0.29) is 6.10 Å². The van der Waals surface area contributed by atoms with Crippen molar-refractivity contribution in [1.82, 2.24) is 30.0 Å². The number of aromatic amines is 1. The summed E-state index contributed by atoms with van der Waals surface area (Å²) in [4.78, 5) is 19.0. The van der Waals surface area contributed by atoms with Crippen LogP contribution in [0.2, 0.25) is 0 Å². The van der Waals surface area contributed by atoms with Crippen LogP contribution in [-0.2, 0) is 0 Å². The zero-order valence-corrected chi connectivity index (χ0v) is 18.0. The number of aliphatic hydroxyl groups excluding tert-OH is 1. The number of nitrogens with zero attached hydrogens (tertiary/aromatic N) is 6. The van der Waals surface area contributed by atoms with Crippen molar-refractivity contribution in [2.75, 3.05) is 31.1 Å². The van der Waals surface area contributed by atoms with Crippen LogP contribution < -0.4 is 4.90 Å². The number of aliphatic hydroxyl groups is 1. The third-order valence-corrected chi connectivity index (χ3v) is 7.81. The summed E-state index contributed by atoms with van der Waals surface area (Å²) in [5, 5.41) is 18.3. The van der Waals surface area contributed by atoms with Gasteiger partial charge in [-0.2, -0.15) is 5.10 Å². The first kappa shape index (κ1) is 19.1. The van der Waals surface area contributed by atoms with E-state index in [1.54, 1.807) is 6.20 Å². The quantitative estimate of drug-likeness (QED) is 0.674. The second-order valence-corrected chi connectivity index (χ2v) is 9.59. The minimum atomic E-state index is -0.110. The van der Waals surface area contributed by atoms with Crippen molar-refractivity contribution in [1.29, 1.82) is 0 Å². The predicted octanol–water partition coefficient (Wildman–Crippen LogP) is 2.54. The summed E-state index contributed by atoms with van der Waals surface area (Å²) in [7, 11) is 0. The van der Waals surface area contributed by atoms with Gasteiger partial charge in [-0.3, -0.25) is 15.0 Å². The van der Waals surface area contributed by atoms with Gasteiger partial charge in [0, 0.05) is 43.0 Å². The standard InChI is InChI=1S/C23H29N7O/c1-15-17(12-25-28-15)21-26-18-13-24-8-4-16(18)22(27-21)29-9-5-23(6-10-29)7-11-30(14-23)19-2-3-20(19)31/h4,8,12-13,19-20,31H,2-3,5-7,9-11,14H2,1H3,(H,25,28). The molecule has 2 N–H and O–H groups in total. The van der Waals surface area contributed by atoms with Gasteiger partial charge in [-0.1, -0.05) is 0 Å². The Hall–Kier alpha value is -2.58. The Labute approximate surface area is 181 Å². The number of aryl methyl sites for hydroxylation is 1. The fourth-order valence-corrected chi connectivity index (χ4v) is 5.65. The summed E-state index contributed by atoms with van der Waals surface area (Å²) in [6.45, 7) is 6.26. The van der Waals surface area contributed by atoms with E-state index in [0.29, 0.717) is 17.3 Å². The van der Waals surface area contributed by atoms with Gasteiger partial charge in [0.05, 0.1) is 29.6 Å². The highest BCUT2D eigenvalue weighted by atomic mass is 16.3. The highest BCUT2D eigenvalue weighted by Crippen LogP contribution is 2.44. The molecule has 2 atom stereocenters. The maximum Gasteiger partial charge on any atom is 0.165 e. The van der Waals surface area contributed by atoms with Gasteiger partial charge in [-0.15, -0.1) is 0 Å². The van der Waals surface area contributed by atoms with E-state index in [9.17, 15) is 5.11 Å². The molecule has 3 aromatic heterocycles. The molecule has 6 rings (SSSR count). The lowest BCUT2D eigenvalue weighted by molar-refractivity contribution is -0.0164. The molecular weight excluding hydrogens is 390 g/mol. The Morgan fingerprint density at radius 3 is 2.65 bits per heavy atom. The topological polar surface area (TPSA) is 94.1 Å². The van der Waals surface area contributed by atoms with Crippen molar-refractivity contribution >= 4 is 16.7 Å². The van der Waals surface area contributed by atoms with Crippen LogP contribution in [0.4, 0.5) is 5.82 Å². The molecule has 2 unspecified atom stereocenters. The maximum atomic E-state index is 10.1. The number of piperidine rings is 1. The minimum absolute atomic E-state index is 0.110. The summed E-state index contributed by atoms with van der Waals surface area (Å²) >= 11 is 0. The van der Waals surface area contributed by atoms with Crippen LogP contribution in [0.25, 0.3) is 22.3 Å². The summed E-state index contributed by atoms with van der Waals surface area (Å²) in [6, 6.07) is 2.42. The third kappa shape index (κ3) is 3.20. The number of pyridine rings is 1. The van der Waals surface area contributed by atoms with E-state index in [2.05, 4.69) is 25.0 Å². The lowest BCUT2D eigenvalue weighted by Crippen LogP contribution is -2.51. The molecule has 162 valence electrons. The van der Waals surface area contributed by atoms with Gasteiger partial charge < -0.3 is 10.0 Å². The van der Waals surface area contributed by atoms with Crippen molar-refractivity contribution in [2.24, 2.45) is 5.41 Å². The van der Waals surface area contributed by atoms with Gasteiger partial charge in [0.2, 0.25) is 0 Å². The Bertz CT molecular complexity index is 1100. The second kappa shape index (κ2) is 7.24. The van der Waals surface area contributed by atoms with Crippen LogP contribution in [0.3, 0.4) is 0 Å². The molecule has 5 heterocycles. The van der Waals surface area contributed by atoms with Gasteiger partial charge in [0.15, 0.2) is 5.82 Å². The van der Waals surface area contributed by atoms with Crippen LogP contribution in [-0.4, -0.2) is 73.5 Å². The Kier molecular flexibility index (Phi) is 4.47. The van der Waals surface area contributed by atoms with E-state index in [0.717, 1.165) is 67.0 Å². The molecule has 2 aliphatic heterocycles. The van der Waals surface area contributed by atoms with Crippen molar-refractivity contribution < 1.29 is 5.11 Å². The lowest BCUT2D eigenvalue weighted by Gasteiger charge is -2.43. The molecule has 3 fully saturated rings. The monoisotopic (exact) mass is 419 g/mol. The van der Waals surface area contributed by atoms with Gasteiger partial charge in [0.25, 0.3) is 0 Å². The van der Waals surface area contributed by atoms with Crippen molar-refractivity contribution in [3.05, 3.63) is 30.4 Å². The van der Waals surface area contributed by atoms with E-state index >= 15 is 0 Å². The average molecular weight is 420 g/mol. The summed E-state index contributed by atoms with van der Waals surface area (Å²) in [5.74, 6) is 1.70. The molecule has 3 aromatic rings. The number of H-pyrrole nitrogens is 1. The maximum absolute atomic E-state index is 10.1. The molecule has 3 aliphatic rings. The molecule has 1 spiro atoms. The predicted molar refractivity (Wildman–Crippen MR) is 119 cm³/mol. The highest BCUT2D eigenvalue weighted by Gasteiger charge is 2.45. The second-order valence-electron chi connectivity index (χ2n) is 9.59. The first-order chi connectivity index (χ1) is 15.1. The molecule has 0 radical (unpaired) electrons. The summed E-state index contributed by atoms with van der Waals surface area (Å²) in [5.41, 5.74) is 3.16. The molecule has 0 aromatic carbocycles. The van der Waals surface area contributed by atoms with Crippen LogP contribution >= 0.6 is 0 Å². The summed E-state index contributed by atoms with van der Waals surface area (Å²) in [6.07, 6.45) is 11.0. The number of hydrogen-bond donors (Lipinski definition) is 2. The van der Waals surface area contributed by atoms with Gasteiger partial charge >= 0.3 is 0 Å². The van der Waals surface area contributed by atoms with Crippen LogP contribution in [0, 0.1) is 12.3 Å². The molecule has 0 bridgehead atoms. The number of anilines is 1. The molecule has 1 aliphatic carbocycles. The van der Waals surface area contributed by atoms with Crippen LogP contribution in [0.15, 0.2) is 24.7 Å². The molecule has 8 nitrogen and oxygen atoms in total. The molecule has 0 amide bonds. The number of nitrogens with one attached hydrogen (secondary N) is 1. The smallest absolute Gasteiger partial charge is 0.165 e. The van der Waals surface area contributed by atoms with Gasteiger partial charge in [0.1, 0.15) is 5.82 Å². The largest absolute Gasteiger partial charge is 0.391 e. The number of likely N-dealkylation sites (tertiary alicyclic amines) is 1. The van der Waals surface area contributed by atoms with Gasteiger partial charge in [-0.25, -0.2) is 9.97 Å². The molecule has 31 heavy (non-hydrogen) atoms. The van der Waals surface area contributed by atoms with E-state index in [4.69, 9.17) is 9.97 Å². The Balaban J connectivity index is 1.26. The van der Waals surface area contributed by atoms with Crippen molar-refractivity contribution in [2.45, 2.75) is 51.2 Å². The number of hydrogen-bond acceptors (Lipinski definition) is 7. The number of rotatable bonds is 3. The minimum Gasteiger partial charge on any atom is -0.391 e. The fourth-order valence-electron chi connectivity index (χ4n) is 5.65. The first-order valence-corrected chi connectivity index (χ1v) is 11.4. The van der Waals surface area contributed by atoms with E-state index in [1.165, 1.54) is 19.3 Å². The fraction of sp³-hybridized carbons (Fsp3) is 0.565. The van der Waals surface area contributed by atoms with Crippen molar-refractivity contribution in [3.8, 4) is 11.4 Å². The normalized spacial score (nSPS) is 25.9. The third-order valence-electron chi connectivity index (χ3n) is 7.81. The zero-order chi connectivity index (χ0) is 21.0. The van der Waals surface area contributed by atoms with Gasteiger partial charge in [-0.05, 0) is 57.1 Å². The van der Waals surface area contributed by atoms with E-state index < -0.39 is 0 Å².